The summed E-state index contributed by atoms with van der Waals surface area (Å²) in [6.45, 7) is 36.8. The highest BCUT2D eigenvalue weighted by Crippen LogP contribution is 2.41. The van der Waals surface area contributed by atoms with Gasteiger partial charge in [-0.2, -0.15) is 8.42 Å². The molecule has 5 aliphatic rings. The maximum atomic E-state index is 11.8. The predicted octanol–water partition coefficient (Wildman–Crippen LogP) is 7.55. The lowest BCUT2D eigenvalue weighted by atomic mass is 9.91. The molecule has 0 bridgehead atoms. The minimum atomic E-state index is -3.45. The molecule has 5 rings (SSSR count). The van der Waals surface area contributed by atoms with Crippen LogP contribution in [0.4, 0.5) is 0 Å². The zero-order valence-corrected chi connectivity index (χ0v) is 45.8. The van der Waals surface area contributed by atoms with Gasteiger partial charge in [-0.15, -0.1) is 0 Å². The van der Waals surface area contributed by atoms with E-state index in [1.165, 1.54) is 13.2 Å². The molecule has 0 amide bonds. The van der Waals surface area contributed by atoms with Gasteiger partial charge in [-0.05, 0) is 78.8 Å². The summed E-state index contributed by atoms with van der Waals surface area (Å²) in [6, 6.07) is 0. The fourth-order valence-corrected chi connectivity index (χ4v) is 11.8. The van der Waals surface area contributed by atoms with E-state index in [0.29, 0.717) is 53.1 Å². The van der Waals surface area contributed by atoms with Crippen LogP contribution in [-0.2, 0) is 57.6 Å². The number of esters is 1. The van der Waals surface area contributed by atoms with Crippen molar-refractivity contribution in [1.29, 1.82) is 0 Å². The zero-order valence-electron chi connectivity index (χ0n) is 44.2. The first-order valence-corrected chi connectivity index (χ1v) is 28.0. The predicted molar refractivity (Wildman–Crippen MR) is 261 cm³/mol. The standard InChI is InChI=1S/C11H21NO.C11H18O3.C10H18O4S.C10H18O3S.C9H14O/c1-7-8(2)10(6-12(4)5)11(13)9(7)3;1-6-7(2)10(5-14-9(4)12)11(13)8(6)3;1-6-7(2)9(10(11)8(6)3)5-14-15(4,12)13;1-6-7(2)9(5-14(4,12)13)10(11)8(6)3;1-5-6(2)8(4)9(10)7(5)3/h7-10H,6H2,1-5H3;6-8,10H,5H2,1-4H3;6-9H,5H2,1-4H3;6-9H,5H2,1-4H3;5-6,8H,3H2,1-2,4H3. The molecule has 13 nitrogen and oxygen atoms in total. The molecule has 19 unspecified atom stereocenters. The Hall–Kier alpha value is -2.62. The SMILES string of the molecule is C=C1C(=O)C(C)C(C)C1C.CC(=O)OCC1C(=O)C(C)C(C)C1C.CC1C(=O)C(CN(C)C)C(C)C1C.CC1C(=O)C(COS(C)(=O)=O)C(C)C1C.CC1C(=O)C(CS(C)(=O)=O)C(C)C1C. The van der Waals surface area contributed by atoms with E-state index in [4.69, 9.17) is 8.92 Å². The van der Waals surface area contributed by atoms with Crippen LogP contribution < -0.4 is 0 Å². The lowest BCUT2D eigenvalue weighted by Gasteiger charge is -2.20. The van der Waals surface area contributed by atoms with Gasteiger partial charge in [0.25, 0.3) is 10.1 Å². The summed E-state index contributed by atoms with van der Waals surface area (Å²) in [5.41, 5.74) is 0.819. The zero-order chi connectivity index (χ0) is 51.8. The van der Waals surface area contributed by atoms with Crippen molar-refractivity contribution in [2.45, 2.75) is 111 Å². The molecule has 15 heteroatoms. The summed E-state index contributed by atoms with van der Waals surface area (Å²) >= 11 is 0. The van der Waals surface area contributed by atoms with Crippen molar-refractivity contribution in [3.8, 4) is 0 Å². The molecule has 0 aromatic rings. The summed E-state index contributed by atoms with van der Waals surface area (Å²) in [7, 11) is -2.42. The molecule has 0 aromatic carbocycles. The van der Waals surface area contributed by atoms with Crippen molar-refractivity contribution in [1.82, 2.24) is 4.90 Å². The number of hydrogen-bond acceptors (Lipinski definition) is 13. The van der Waals surface area contributed by atoms with Crippen LogP contribution in [-0.4, -0.2) is 109 Å². The second-order valence-electron chi connectivity index (χ2n) is 21.5. The highest BCUT2D eigenvalue weighted by molar-refractivity contribution is 7.90. The molecule has 0 N–H and O–H groups in total. The van der Waals surface area contributed by atoms with Crippen molar-refractivity contribution in [2.75, 3.05) is 52.1 Å². The number of nitrogens with zero attached hydrogens (tertiary/aromatic N) is 1. The number of sulfone groups is 1. The normalized spacial score (nSPS) is 38.8. The van der Waals surface area contributed by atoms with Gasteiger partial charge < -0.3 is 9.64 Å². The van der Waals surface area contributed by atoms with E-state index in [1.54, 1.807) is 0 Å². The fourth-order valence-electron chi connectivity index (χ4n) is 10.3. The Morgan fingerprint density at radius 2 is 0.833 bits per heavy atom. The number of allylic oxidation sites excluding steroid dienone is 1. The summed E-state index contributed by atoms with van der Waals surface area (Å²) in [4.78, 5) is 71.1. The van der Waals surface area contributed by atoms with Crippen LogP contribution in [0.25, 0.3) is 0 Å². The molecule has 5 aliphatic carbocycles. The van der Waals surface area contributed by atoms with E-state index in [9.17, 15) is 45.6 Å². The Morgan fingerprint density at radius 3 is 1.06 bits per heavy atom. The lowest BCUT2D eigenvalue weighted by molar-refractivity contribution is -0.144. The third kappa shape index (κ3) is 16.2. The van der Waals surface area contributed by atoms with Gasteiger partial charge in [0.05, 0.1) is 24.5 Å². The number of Topliss-reactive ketones (excluding diaryl/α,β-unsaturated/α-hetero) is 5. The Kier molecular flexibility index (Phi) is 23.5. The molecule has 382 valence electrons. The third-order valence-corrected chi connectivity index (χ3v) is 18.6. The van der Waals surface area contributed by atoms with Crippen LogP contribution in [0.15, 0.2) is 12.2 Å². The number of ether oxygens (including phenoxy) is 1. The molecule has 0 radical (unpaired) electrons. The molecule has 0 saturated heterocycles. The first kappa shape index (κ1) is 61.4. The van der Waals surface area contributed by atoms with Gasteiger partial charge in [0.1, 0.15) is 39.6 Å². The van der Waals surface area contributed by atoms with Crippen LogP contribution in [0.5, 0.6) is 0 Å². The summed E-state index contributed by atoms with van der Waals surface area (Å²) < 4.78 is 53.5. The Bertz CT molecular complexity index is 1920. The second kappa shape index (κ2) is 25.3. The van der Waals surface area contributed by atoms with Gasteiger partial charge in [-0.3, -0.25) is 33.0 Å². The molecule has 0 aromatic heterocycles. The molecule has 66 heavy (non-hydrogen) atoms. The highest BCUT2D eigenvalue weighted by atomic mass is 32.2. The van der Waals surface area contributed by atoms with Crippen LogP contribution in [0, 0.1) is 112 Å². The molecule has 5 saturated carbocycles. The van der Waals surface area contributed by atoms with Gasteiger partial charge in [0.2, 0.25) is 0 Å². The van der Waals surface area contributed by atoms with E-state index in [2.05, 4.69) is 59.9 Å². The molecule has 19 atom stereocenters. The Labute approximate surface area is 400 Å². The second-order valence-corrected chi connectivity index (χ2v) is 25.4. The first-order valence-electron chi connectivity index (χ1n) is 24.1. The Morgan fingerprint density at radius 1 is 0.500 bits per heavy atom. The Balaban J connectivity index is 0.000000415. The van der Waals surface area contributed by atoms with Crippen LogP contribution in [0.2, 0.25) is 0 Å². The smallest absolute Gasteiger partial charge is 0.302 e. The minimum Gasteiger partial charge on any atom is -0.465 e. The van der Waals surface area contributed by atoms with Gasteiger partial charge in [-0.25, -0.2) is 8.42 Å². The van der Waals surface area contributed by atoms with Crippen molar-refractivity contribution in [3.63, 3.8) is 0 Å². The topological polar surface area (TPSA) is 192 Å². The van der Waals surface area contributed by atoms with Crippen LogP contribution >= 0.6 is 0 Å². The summed E-state index contributed by atoms with van der Waals surface area (Å²) in [6.07, 6.45) is 2.20. The first-order chi connectivity index (χ1) is 29.9. The number of carbonyl (C=O) groups excluding carboxylic acids is 6. The molecule has 0 aliphatic heterocycles. The monoisotopic (exact) mass is 972 g/mol. The van der Waals surface area contributed by atoms with Crippen LogP contribution in [0.3, 0.4) is 0 Å². The van der Waals surface area contributed by atoms with E-state index in [1.807, 2.05) is 69.5 Å². The average molecular weight is 972 g/mol. The largest absolute Gasteiger partial charge is 0.465 e. The van der Waals surface area contributed by atoms with Gasteiger partial charge in [-0.1, -0.05) is 110 Å². The molecule has 5 fully saturated rings. The molecular formula is C51H89NO12S2. The summed E-state index contributed by atoms with van der Waals surface area (Å²) in [5, 5.41) is 0. The quantitative estimate of drug-likeness (QED) is 0.125. The van der Waals surface area contributed by atoms with E-state index < -0.39 is 20.0 Å². The molecular weight excluding hydrogens is 883 g/mol. The maximum Gasteiger partial charge on any atom is 0.302 e. The number of hydrogen-bond donors (Lipinski definition) is 0. The third-order valence-electron chi connectivity index (χ3n) is 17.1. The van der Waals surface area contributed by atoms with Gasteiger partial charge >= 0.3 is 5.97 Å². The maximum absolute atomic E-state index is 11.8. The van der Waals surface area contributed by atoms with Crippen LogP contribution in [0.1, 0.15) is 111 Å². The van der Waals surface area contributed by atoms with Crippen molar-refractivity contribution < 1.29 is 54.5 Å². The van der Waals surface area contributed by atoms with E-state index in [0.717, 1.165) is 18.4 Å². The average Bonchev–Trinajstić information content (AvgIpc) is 3.75. The van der Waals surface area contributed by atoms with Crippen molar-refractivity contribution in [2.24, 2.45) is 112 Å². The molecule has 0 heterocycles. The van der Waals surface area contributed by atoms with E-state index >= 15 is 0 Å². The van der Waals surface area contributed by atoms with Crippen molar-refractivity contribution in [3.05, 3.63) is 12.2 Å². The lowest BCUT2D eigenvalue weighted by Crippen LogP contribution is -2.28. The number of carbonyl (C=O) groups is 6. The minimum absolute atomic E-state index is 0.00644. The van der Waals surface area contributed by atoms with Gasteiger partial charge in [0.15, 0.2) is 5.78 Å². The molecule has 0 spiro atoms. The number of ketones is 5. The van der Waals surface area contributed by atoms with E-state index in [-0.39, 0.29) is 113 Å². The summed E-state index contributed by atoms with van der Waals surface area (Å²) in [5.74, 6) is 4.78. The van der Waals surface area contributed by atoms with Gasteiger partial charge in [0, 0.05) is 67.1 Å². The van der Waals surface area contributed by atoms with Crippen molar-refractivity contribution >= 4 is 54.8 Å². The number of rotatable bonds is 9. The highest BCUT2D eigenvalue weighted by Gasteiger charge is 2.46. The fraction of sp³-hybridized carbons (Fsp3) is 0.843.